The first-order chi connectivity index (χ1) is 5.65. The molecule has 4 atom stereocenters. The van der Waals surface area contributed by atoms with Crippen LogP contribution >= 0.6 is 0 Å². The summed E-state index contributed by atoms with van der Waals surface area (Å²) in [5.74, 6) is 4.84. The Morgan fingerprint density at radius 3 is 2.83 bits per heavy atom. The molecule has 1 aliphatic heterocycles. The van der Waals surface area contributed by atoms with E-state index in [1.165, 1.54) is 0 Å². The molecule has 1 aliphatic rings. The minimum Gasteiger partial charge on any atom is -0.390 e. The van der Waals surface area contributed by atoms with Gasteiger partial charge in [0.1, 0.15) is 12.2 Å². The van der Waals surface area contributed by atoms with E-state index in [0.717, 1.165) is 0 Å². The molecule has 0 aromatic heterocycles. The number of aliphatic hydroxyl groups excluding tert-OH is 2. The van der Waals surface area contributed by atoms with Crippen molar-refractivity contribution in [3.63, 3.8) is 0 Å². The molecule has 0 saturated carbocycles. The molecule has 1 fully saturated rings. The summed E-state index contributed by atoms with van der Waals surface area (Å²) in [5, 5.41) is 18.7. The molecular formula is C7H15NO4. The van der Waals surface area contributed by atoms with E-state index in [1.54, 1.807) is 0 Å². The van der Waals surface area contributed by atoms with E-state index < -0.39 is 18.3 Å². The van der Waals surface area contributed by atoms with Gasteiger partial charge in [0.25, 0.3) is 0 Å². The Bertz CT molecular complexity index is 143. The van der Waals surface area contributed by atoms with E-state index in [4.69, 9.17) is 10.6 Å². The molecule has 1 heterocycles. The van der Waals surface area contributed by atoms with Crippen molar-refractivity contribution in [2.45, 2.75) is 37.8 Å². The number of rotatable bonds is 2. The lowest BCUT2D eigenvalue weighted by Crippen LogP contribution is -2.49. The van der Waals surface area contributed by atoms with Gasteiger partial charge in [-0.3, -0.25) is 0 Å². The first-order valence-electron chi connectivity index (χ1n) is 3.98. The van der Waals surface area contributed by atoms with Crippen LogP contribution in [0, 0.1) is 0 Å². The van der Waals surface area contributed by atoms with Crippen molar-refractivity contribution in [1.29, 1.82) is 0 Å². The van der Waals surface area contributed by atoms with Crippen LogP contribution in [0.5, 0.6) is 0 Å². The van der Waals surface area contributed by atoms with Gasteiger partial charge < -0.3 is 19.8 Å². The Hall–Kier alpha value is -0.200. The second-order valence-electron chi connectivity index (χ2n) is 3.11. The highest BCUT2D eigenvalue weighted by Crippen LogP contribution is 2.19. The highest BCUT2D eigenvalue weighted by atomic mass is 16.6. The molecule has 1 saturated heterocycles. The lowest BCUT2D eigenvalue weighted by Gasteiger charge is -2.35. The van der Waals surface area contributed by atoms with Crippen LogP contribution in [0.4, 0.5) is 0 Å². The smallest absolute Gasteiger partial charge is 0.112 e. The van der Waals surface area contributed by atoms with Gasteiger partial charge in [-0.05, 0) is 6.92 Å². The number of hydrogen-bond donors (Lipinski definition) is 3. The maximum Gasteiger partial charge on any atom is 0.112 e. The normalized spacial score (nSPS) is 43.0. The Labute approximate surface area is 71.0 Å². The molecule has 72 valence electrons. The molecule has 12 heavy (non-hydrogen) atoms. The monoisotopic (exact) mass is 177 g/mol. The molecule has 0 unspecified atom stereocenters. The summed E-state index contributed by atoms with van der Waals surface area (Å²) in [6.45, 7) is 1.93. The van der Waals surface area contributed by atoms with Gasteiger partial charge in [-0.1, -0.05) is 0 Å². The molecule has 0 aromatic carbocycles. The third kappa shape index (κ3) is 2.15. The molecule has 0 radical (unpaired) electrons. The van der Waals surface area contributed by atoms with E-state index in [0.29, 0.717) is 6.42 Å². The van der Waals surface area contributed by atoms with Gasteiger partial charge in [0, 0.05) is 6.42 Å². The van der Waals surface area contributed by atoms with Gasteiger partial charge in [-0.25, -0.2) is 5.90 Å². The van der Waals surface area contributed by atoms with Crippen LogP contribution in [-0.2, 0) is 9.57 Å². The van der Waals surface area contributed by atoms with Gasteiger partial charge in [-0.2, -0.15) is 0 Å². The van der Waals surface area contributed by atoms with Crippen molar-refractivity contribution in [3.05, 3.63) is 0 Å². The average molecular weight is 177 g/mol. The van der Waals surface area contributed by atoms with Crippen molar-refractivity contribution in [3.8, 4) is 0 Å². The van der Waals surface area contributed by atoms with Crippen molar-refractivity contribution in [2.75, 3.05) is 6.61 Å². The Kier molecular flexibility index (Phi) is 3.42. The Morgan fingerprint density at radius 1 is 1.58 bits per heavy atom. The van der Waals surface area contributed by atoms with E-state index in [1.807, 2.05) is 6.92 Å². The summed E-state index contributed by atoms with van der Waals surface area (Å²) in [5.41, 5.74) is 0. The van der Waals surface area contributed by atoms with Crippen LogP contribution in [0.25, 0.3) is 0 Å². The first kappa shape index (κ1) is 9.88. The lowest BCUT2D eigenvalue weighted by atomic mass is 9.99. The first-order valence-corrected chi connectivity index (χ1v) is 3.98. The second-order valence-corrected chi connectivity index (χ2v) is 3.11. The van der Waals surface area contributed by atoms with Gasteiger partial charge in [0.15, 0.2) is 0 Å². The van der Waals surface area contributed by atoms with Crippen molar-refractivity contribution in [2.24, 2.45) is 5.90 Å². The zero-order chi connectivity index (χ0) is 9.14. The van der Waals surface area contributed by atoms with Crippen LogP contribution in [0.15, 0.2) is 0 Å². The van der Waals surface area contributed by atoms with Gasteiger partial charge in [-0.15, -0.1) is 0 Å². The third-order valence-corrected chi connectivity index (χ3v) is 2.02. The van der Waals surface area contributed by atoms with Crippen molar-refractivity contribution < 1.29 is 19.8 Å². The Morgan fingerprint density at radius 2 is 2.25 bits per heavy atom. The molecule has 4 N–H and O–H groups in total. The summed E-state index contributed by atoms with van der Waals surface area (Å²) in [6.07, 6.45) is -1.78. The fourth-order valence-electron chi connectivity index (χ4n) is 1.39. The number of aliphatic hydroxyl groups is 2. The average Bonchev–Trinajstić information content (AvgIpc) is 2.00. The standard InChI is InChI=1S/C7H15NO4/c1-4-2-5(9)7(10)6(12-4)3-11-8/h4-7,9-10H,2-3,8H2,1H3/t4-,5+,6+,7-/m0/s1. The minimum atomic E-state index is -0.898. The molecule has 0 spiro atoms. The molecule has 0 aliphatic carbocycles. The predicted octanol–water partition coefficient (Wildman–Crippen LogP) is -1.22. The van der Waals surface area contributed by atoms with Gasteiger partial charge in [0.2, 0.25) is 0 Å². The quantitative estimate of drug-likeness (QED) is 0.460. The fraction of sp³-hybridized carbons (Fsp3) is 1.00. The molecule has 5 nitrogen and oxygen atoms in total. The van der Waals surface area contributed by atoms with E-state index >= 15 is 0 Å². The summed E-state index contributed by atoms with van der Waals surface area (Å²) in [7, 11) is 0. The Balaban J connectivity index is 2.47. The summed E-state index contributed by atoms with van der Waals surface area (Å²) in [4.78, 5) is 4.35. The summed E-state index contributed by atoms with van der Waals surface area (Å²) >= 11 is 0. The van der Waals surface area contributed by atoms with Crippen LogP contribution in [0.1, 0.15) is 13.3 Å². The van der Waals surface area contributed by atoms with Crippen molar-refractivity contribution in [1.82, 2.24) is 0 Å². The largest absolute Gasteiger partial charge is 0.390 e. The zero-order valence-corrected chi connectivity index (χ0v) is 7.01. The van der Waals surface area contributed by atoms with E-state index in [-0.39, 0.29) is 12.7 Å². The van der Waals surface area contributed by atoms with Crippen molar-refractivity contribution >= 4 is 0 Å². The summed E-state index contributed by atoms with van der Waals surface area (Å²) < 4.78 is 5.29. The van der Waals surface area contributed by atoms with E-state index in [9.17, 15) is 10.2 Å². The fourth-order valence-corrected chi connectivity index (χ4v) is 1.39. The molecule has 1 rings (SSSR count). The highest BCUT2D eigenvalue weighted by Gasteiger charge is 2.34. The topological polar surface area (TPSA) is 84.9 Å². The zero-order valence-electron chi connectivity index (χ0n) is 7.01. The third-order valence-electron chi connectivity index (χ3n) is 2.02. The maximum atomic E-state index is 9.38. The van der Waals surface area contributed by atoms with Gasteiger partial charge in [0.05, 0.1) is 18.8 Å². The van der Waals surface area contributed by atoms with Crippen LogP contribution in [0.2, 0.25) is 0 Å². The predicted molar refractivity (Wildman–Crippen MR) is 41.1 cm³/mol. The number of nitrogens with two attached hydrogens (primary N) is 1. The minimum absolute atomic E-state index is 0.0662. The molecule has 0 amide bonds. The molecule has 5 heteroatoms. The molecular weight excluding hydrogens is 162 g/mol. The second kappa shape index (κ2) is 4.15. The van der Waals surface area contributed by atoms with Crippen LogP contribution in [-0.4, -0.2) is 41.2 Å². The molecule has 0 bridgehead atoms. The SMILES string of the molecule is C[C@H]1C[C@@H](O)[C@H](O)[C@@H](CON)O1. The van der Waals surface area contributed by atoms with Crippen LogP contribution in [0.3, 0.4) is 0 Å². The number of ether oxygens (including phenoxy) is 1. The van der Waals surface area contributed by atoms with Gasteiger partial charge >= 0.3 is 0 Å². The lowest BCUT2D eigenvalue weighted by molar-refractivity contribution is -0.181. The molecule has 0 aromatic rings. The highest BCUT2D eigenvalue weighted by molar-refractivity contribution is 4.83. The summed E-state index contributed by atoms with van der Waals surface area (Å²) in [6, 6.07) is 0. The number of hydrogen-bond acceptors (Lipinski definition) is 5. The maximum absolute atomic E-state index is 9.38. The van der Waals surface area contributed by atoms with E-state index in [2.05, 4.69) is 4.84 Å². The van der Waals surface area contributed by atoms with Crippen LogP contribution < -0.4 is 5.90 Å².